The quantitative estimate of drug-likeness (QED) is 0.731. The zero-order valence-electron chi connectivity index (χ0n) is 14.8. The predicted molar refractivity (Wildman–Crippen MR) is 95.6 cm³/mol. The fraction of sp³-hybridized carbons (Fsp3) is 0.556. The Bertz CT molecular complexity index is 619. The first-order valence-electron chi connectivity index (χ1n) is 9.02. The van der Waals surface area contributed by atoms with Crippen molar-refractivity contribution in [1.82, 2.24) is 15.1 Å². The molecule has 1 aromatic rings. The normalized spacial score (nSPS) is 18.4. The van der Waals surface area contributed by atoms with Gasteiger partial charge in [0.15, 0.2) is 0 Å². The molecule has 7 nitrogen and oxygen atoms in total. The molecule has 0 radical (unpaired) electrons. The van der Waals surface area contributed by atoms with Gasteiger partial charge in [0.05, 0.1) is 13.2 Å². The van der Waals surface area contributed by atoms with E-state index in [1.54, 1.807) is 17.0 Å². The first-order chi connectivity index (χ1) is 12.6. The number of nitrogens with zero attached hydrogens (tertiary/aromatic N) is 3. The summed E-state index contributed by atoms with van der Waals surface area (Å²) in [6.45, 7) is 5.98. The van der Waals surface area contributed by atoms with Crippen LogP contribution >= 0.6 is 0 Å². The summed E-state index contributed by atoms with van der Waals surface area (Å²) in [6.07, 6.45) is 0.876. The molecule has 1 aromatic carbocycles. The molecule has 2 saturated heterocycles. The second-order valence-corrected chi connectivity index (χ2v) is 6.49. The van der Waals surface area contributed by atoms with Crippen molar-refractivity contribution < 1.29 is 18.7 Å². The van der Waals surface area contributed by atoms with Crippen LogP contribution in [0.2, 0.25) is 0 Å². The zero-order chi connectivity index (χ0) is 18.4. The standard InChI is InChI=1S/C18H25FN4O3/c19-15-2-4-16(5-3-15)23-9-8-22(18(23)25)14-17(24)20-6-1-7-21-10-12-26-13-11-21/h2-5H,1,6-14H2,(H,20,24). The van der Waals surface area contributed by atoms with Gasteiger partial charge in [0.25, 0.3) is 0 Å². The lowest BCUT2D eigenvalue weighted by atomic mass is 10.3. The van der Waals surface area contributed by atoms with Crippen LogP contribution in [0.4, 0.5) is 14.9 Å². The summed E-state index contributed by atoms with van der Waals surface area (Å²) in [4.78, 5) is 29.9. The first kappa shape index (κ1) is 18.6. The average molecular weight is 364 g/mol. The number of halogens is 1. The van der Waals surface area contributed by atoms with Gasteiger partial charge in [-0.25, -0.2) is 9.18 Å². The molecule has 2 heterocycles. The van der Waals surface area contributed by atoms with Gasteiger partial charge in [-0.05, 0) is 37.2 Å². The van der Waals surface area contributed by atoms with Crippen LogP contribution in [0.25, 0.3) is 0 Å². The molecule has 0 aromatic heterocycles. The van der Waals surface area contributed by atoms with Crippen molar-refractivity contribution in [1.29, 1.82) is 0 Å². The maximum absolute atomic E-state index is 13.0. The highest BCUT2D eigenvalue weighted by atomic mass is 19.1. The van der Waals surface area contributed by atoms with Gasteiger partial charge in [0.1, 0.15) is 12.4 Å². The highest BCUT2D eigenvalue weighted by Gasteiger charge is 2.30. The van der Waals surface area contributed by atoms with E-state index in [1.165, 1.54) is 17.0 Å². The van der Waals surface area contributed by atoms with Crippen molar-refractivity contribution in [2.24, 2.45) is 0 Å². The third-order valence-corrected chi connectivity index (χ3v) is 4.64. The molecule has 0 spiro atoms. The Labute approximate surface area is 152 Å². The Kier molecular flexibility index (Phi) is 6.40. The molecule has 0 bridgehead atoms. The Balaban J connectivity index is 1.37. The van der Waals surface area contributed by atoms with Gasteiger partial charge < -0.3 is 15.0 Å². The summed E-state index contributed by atoms with van der Waals surface area (Å²) in [7, 11) is 0. The summed E-state index contributed by atoms with van der Waals surface area (Å²) >= 11 is 0. The van der Waals surface area contributed by atoms with Gasteiger partial charge in [-0.15, -0.1) is 0 Å². The molecule has 2 aliphatic rings. The van der Waals surface area contributed by atoms with Gasteiger partial charge >= 0.3 is 6.03 Å². The van der Waals surface area contributed by atoms with Gasteiger partial charge in [0, 0.05) is 38.4 Å². The lowest BCUT2D eigenvalue weighted by Gasteiger charge is -2.26. The number of benzene rings is 1. The van der Waals surface area contributed by atoms with E-state index >= 15 is 0 Å². The molecule has 2 fully saturated rings. The molecular formula is C18H25FN4O3. The summed E-state index contributed by atoms with van der Waals surface area (Å²) < 4.78 is 18.3. The first-order valence-corrected chi connectivity index (χ1v) is 9.02. The van der Waals surface area contributed by atoms with Gasteiger partial charge in [-0.3, -0.25) is 14.6 Å². The maximum Gasteiger partial charge on any atom is 0.325 e. The van der Waals surface area contributed by atoms with Crippen molar-refractivity contribution in [2.45, 2.75) is 6.42 Å². The molecule has 0 atom stereocenters. The molecule has 142 valence electrons. The Morgan fingerprint density at radius 2 is 1.85 bits per heavy atom. The lowest BCUT2D eigenvalue weighted by molar-refractivity contribution is -0.121. The number of anilines is 1. The number of nitrogens with one attached hydrogen (secondary N) is 1. The Morgan fingerprint density at radius 1 is 1.12 bits per heavy atom. The van der Waals surface area contributed by atoms with E-state index in [1.807, 2.05) is 0 Å². The van der Waals surface area contributed by atoms with Crippen LogP contribution in [0.3, 0.4) is 0 Å². The van der Waals surface area contributed by atoms with Crippen molar-refractivity contribution in [3.63, 3.8) is 0 Å². The van der Waals surface area contributed by atoms with Crippen LogP contribution in [0.15, 0.2) is 24.3 Å². The third-order valence-electron chi connectivity index (χ3n) is 4.64. The minimum Gasteiger partial charge on any atom is -0.379 e. The number of carbonyl (C=O) groups excluding carboxylic acids is 2. The maximum atomic E-state index is 13.0. The fourth-order valence-corrected chi connectivity index (χ4v) is 3.17. The van der Waals surface area contributed by atoms with E-state index < -0.39 is 0 Å². The van der Waals surface area contributed by atoms with E-state index in [2.05, 4.69) is 10.2 Å². The van der Waals surface area contributed by atoms with Crippen LogP contribution in [-0.2, 0) is 9.53 Å². The number of morpholine rings is 1. The molecule has 26 heavy (non-hydrogen) atoms. The molecule has 0 saturated carbocycles. The van der Waals surface area contributed by atoms with Crippen LogP contribution in [0.5, 0.6) is 0 Å². The average Bonchev–Trinajstić information content (AvgIpc) is 3.01. The highest BCUT2D eigenvalue weighted by molar-refractivity contribution is 5.96. The van der Waals surface area contributed by atoms with Crippen molar-refractivity contribution >= 4 is 17.6 Å². The third kappa shape index (κ3) is 4.92. The largest absolute Gasteiger partial charge is 0.379 e. The summed E-state index contributed by atoms with van der Waals surface area (Å²) in [5.74, 6) is -0.491. The van der Waals surface area contributed by atoms with Crippen molar-refractivity contribution in [3.8, 4) is 0 Å². The van der Waals surface area contributed by atoms with Crippen LogP contribution in [0.1, 0.15) is 6.42 Å². The highest BCUT2D eigenvalue weighted by Crippen LogP contribution is 2.20. The Hall–Kier alpha value is -2.19. The Morgan fingerprint density at radius 3 is 2.58 bits per heavy atom. The number of hydrogen-bond acceptors (Lipinski definition) is 4. The van der Waals surface area contributed by atoms with Crippen LogP contribution in [0, 0.1) is 5.82 Å². The number of hydrogen-bond donors (Lipinski definition) is 1. The predicted octanol–water partition coefficient (Wildman–Crippen LogP) is 0.906. The van der Waals surface area contributed by atoms with Crippen LogP contribution in [-0.4, -0.2) is 80.8 Å². The molecule has 0 aliphatic carbocycles. The summed E-state index contributed by atoms with van der Waals surface area (Å²) in [6, 6.07) is 5.57. The number of ether oxygens (including phenoxy) is 1. The topological polar surface area (TPSA) is 65.1 Å². The lowest BCUT2D eigenvalue weighted by Crippen LogP contribution is -2.41. The molecule has 3 amide bonds. The van der Waals surface area contributed by atoms with E-state index in [0.29, 0.717) is 25.3 Å². The SMILES string of the molecule is O=C(CN1CCN(c2ccc(F)cc2)C1=O)NCCCN1CCOCC1. The molecular weight excluding hydrogens is 339 g/mol. The van der Waals surface area contributed by atoms with E-state index in [-0.39, 0.29) is 24.3 Å². The van der Waals surface area contributed by atoms with Gasteiger partial charge in [-0.1, -0.05) is 0 Å². The summed E-state index contributed by atoms with van der Waals surface area (Å²) in [5, 5.41) is 2.87. The molecule has 1 N–H and O–H groups in total. The van der Waals surface area contributed by atoms with Crippen LogP contribution < -0.4 is 10.2 Å². The number of amides is 3. The minimum atomic E-state index is -0.339. The fourth-order valence-electron chi connectivity index (χ4n) is 3.17. The van der Waals surface area contributed by atoms with E-state index in [9.17, 15) is 14.0 Å². The number of urea groups is 1. The van der Waals surface area contributed by atoms with Gasteiger partial charge in [-0.2, -0.15) is 0 Å². The number of rotatable bonds is 7. The van der Waals surface area contributed by atoms with Crippen molar-refractivity contribution in [3.05, 3.63) is 30.1 Å². The zero-order valence-corrected chi connectivity index (χ0v) is 14.8. The van der Waals surface area contributed by atoms with E-state index in [0.717, 1.165) is 39.3 Å². The van der Waals surface area contributed by atoms with E-state index in [4.69, 9.17) is 4.74 Å². The minimum absolute atomic E-state index is 0.0497. The summed E-state index contributed by atoms with van der Waals surface area (Å²) in [5.41, 5.74) is 0.643. The molecule has 2 aliphatic heterocycles. The smallest absolute Gasteiger partial charge is 0.325 e. The van der Waals surface area contributed by atoms with Gasteiger partial charge in [0.2, 0.25) is 5.91 Å². The second-order valence-electron chi connectivity index (χ2n) is 6.49. The molecule has 8 heteroatoms. The molecule has 3 rings (SSSR count). The molecule has 0 unspecified atom stereocenters. The second kappa shape index (κ2) is 8.95. The van der Waals surface area contributed by atoms with Crippen molar-refractivity contribution in [2.75, 3.05) is 63.9 Å². The number of carbonyl (C=O) groups is 2. The monoisotopic (exact) mass is 364 g/mol.